The molecule has 3 aromatic rings. The van der Waals surface area contributed by atoms with Crippen LogP contribution in [0.5, 0.6) is 17.2 Å². The smallest absolute Gasteiger partial charge is 0.235 e. The minimum absolute atomic E-state index is 0.120. The lowest BCUT2D eigenvalue weighted by atomic mass is 10.0. The highest BCUT2D eigenvalue weighted by molar-refractivity contribution is 9.10. The number of halogens is 1. The van der Waals surface area contributed by atoms with Crippen LogP contribution < -0.4 is 15.1 Å². The molecule has 0 spiro atoms. The molecule has 0 radical (unpaired) electrons. The summed E-state index contributed by atoms with van der Waals surface area (Å²) in [7, 11) is 0. The predicted octanol–water partition coefficient (Wildman–Crippen LogP) is 4.01. The molecule has 146 valence electrons. The summed E-state index contributed by atoms with van der Waals surface area (Å²) in [5, 5.41) is 10.9. The van der Waals surface area contributed by atoms with Crippen molar-refractivity contribution >= 4 is 26.9 Å². The van der Waals surface area contributed by atoms with Crippen molar-refractivity contribution in [2.24, 2.45) is 0 Å². The first-order valence-corrected chi connectivity index (χ1v) is 10.4. The number of quaternary nitrogens is 1. The third-order valence-corrected chi connectivity index (χ3v) is 6.19. The van der Waals surface area contributed by atoms with E-state index in [0.29, 0.717) is 34.9 Å². The van der Waals surface area contributed by atoms with Crippen molar-refractivity contribution in [3.63, 3.8) is 0 Å². The van der Waals surface area contributed by atoms with E-state index in [1.54, 1.807) is 18.2 Å². The largest absolute Gasteiger partial charge is 0.507 e. The van der Waals surface area contributed by atoms with Gasteiger partial charge >= 0.3 is 0 Å². The summed E-state index contributed by atoms with van der Waals surface area (Å²) in [5.74, 6) is 0.829. The van der Waals surface area contributed by atoms with Crippen molar-refractivity contribution in [3.05, 3.63) is 62.9 Å². The molecule has 0 amide bonds. The lowest BCUT2D eigenvalue weighted by Gasteiger charge is -2.30. The summed E-state index contributed by atoms with van der Waals surface area (Å²) in [6, 6.07) is 11.0. The minimum atomic E-state index is -0.250. The highest BCUT2D eigenvalue weighted by Crippen LogP contribution is 2.31. The van der Waals surface area contributed by atoms with Gasteiger partial charge in [0.15, 0.2) is 5.58 Å². The van der Waals surface area contributed by atoms with Crippen molar-refractivity contribution in [3.8, 4) is 17.2 Å². The first-order valence-electron chi connectivity index (χ1n) is 9.58. The summed E-state index contributed by atoms with van der Waals surface area (Å²) < 4.78 is 12.3. The van der Waals surface area contributed by atoms with Crippen LogP contribution in [0.15, 0.2) is 56.3 Å². The molecule has 1 saturated heterocycles. The Morgan fingerprint density at radius 3 is 2.82 bits per heavy atom. The minimum Gasteiger partial charge on any atom is -0.507 e. The third kappa shape index (κ3) is 3.66. The number of benzene rings is 2. The normalized spacial score (nSPS) is 19.6. The molecule has 4 rings (SSSR count). The number of phenolic OH excluding ortho intramolecular Hbond substituents is 1. The molecule has 5 nitrogen and oxygen atoms in total. The first-order chi connectivity index (χ1) is 13.5. The molecule has 0 saturated carbocycles. The van der Waals surface area contributed by atoms with Crippen LogP contribution in [0.2, 0.25) is 0 Å². The van der Waals surface area contributed by atoms with Crippen molar-refractivity contribution in [2.75, 3.05) is 6.54 Å². The summed E-state index contributed by atoms with van der Waals surface area (Å²) in [4.78, 5) is 14.4. The standard InChI is InChI=1S/C22H22BrNO4/c1-14-6-4-5-11-24(14)12-16-18(25)10-9-15-21(26)20(13-27-22(15)16)28-19-8-3-2-7-17(19)23/h2-3,7-10,13-14,25H,4-6,11-12H2,1H3/p+1/t14-/m0/s1. The van der Waals surface area contributed by atoms with Gasteiger partial charge in [0.2, 0.25) is 11.2 Å². The average Bonchev–Trinajstić information content (AvgIpc) is 2.69. The molecule has 1 aliphatic heterocycles. The Labute approximate surface area is 171 Å². The molecule has 1 unspecified atom stereocenters. The number of phenols is 1. The Hall–Kier alpha value is -2.31. The maximum atomic E-state index is 13.0. The third-order valence-electron chi connectivity index (χ3n) is 5.53. The maximum absolute atomic E-state index is 13.0. The molecule has 2 aromatic carbocycles. The van der Waals surface area contributed by atoms with Crippen LogP contribution in [0.25, 0.3) is 11.0 Å². The van der Waals surface area contributed by atoms with Crippen molar-refractivity contribution in [1.82, 2.24) is 0 Å². The van der Waals surface area contributed by atoms with Crippen LogP contribution in [0.3, 0.4) is 0 Å². The van der Waals surface area contributed by atoms with E-state index < -0.39 is 0 Å². The van der Waals surface area contributed by atoms with Crippen LogP contribution in [0.1, 0.15) is 31.7 Å². The van der Waals surface area contributed by atoms with E-state index in [9.17, 15) is 9.90 Å². The fraction of sp³-hybridized carbons (Fsp3) is 0.318. The van der Waals surface area contributed by atoms with Gasteiger partial charge in [0.1, 0.15) is 24.3 Å². The van der Waals surface area contributed by atoms with E-state index in [1.807, 2.05) is 18.2 Å². The molecule has 28 heavy (non-hydrogen) atoms. The lowest BCUT2D eigenvalue weighted by molar-refractivity contribution is -0.941. The van der Waals surface area contributed by atoms with E-state index in [2.05, 4.69) is 22.9 Å². The van der Waals surface area contributed by atoms with Gasteiger partial charge in [0, 0.05) is 0 Å². The second kappa shape index (κ2) is 7.97. The molecular weight excluding hydrogens is 422 g/mol. The molecular formula is C22H23BrNO4+. The maximum Gasteiger partial charge on any atom is 0.235 e. The number of likely N-dealkylation sites (tertiary alicyclic amines) is 1. The van der Waals surface area contributed by atoms with Crippen molar-refractivity contribution in [2.45, 2.75) is 38.8 Å². The van der Waals surface area contributed by atoms with Gasteiger partial charge < -0.3 is 19.2 Å². The topological polar surface area (TPSA) is 64.1 Å². The Balaban J connectivity index is 1.72. The molecule has 2 N–H and O–H groups in total. The van der Waals surface area contributed by atoms with E-state index in [4.69, 9.17) is 9.15 Å². The molecule has 2 atom stereocenters. The van der Waals surface area contributed by atoms with Crippen LogP contribution in [0, 0.1) is 0 Å². The summed E-state index contributed by atoms with van der Waals surface area (Å²) in [5.41, 5.74) is 0.875. The fourth-order valence-electron chi connectivity index (χ4n) is 3.86. The molecule has 0 bridgehead atoms. The van der Waals surface area contributed by atoms with Gasteiger partial charge in [0.05, 0.1) is 28.0 Å². The van der Waals surface area contributed by atoms with Crippen LogP contribution in [-0.2, 0) is 6.54 Å². The molecule has 6 heteroatoms. The zero-order valence-corrected chi connectivity index (χ0v) is 17.3. The van der Waals surface area contributed by atoms with Gasteiger partial charge in [-0.25, -0.2) is 0 Å². The van der Waals surface area contributed by atoms with Crippen LogP contribution >= 0.6 is 15.9 Å². The van der Waals surface area contributed by atoms with E-state index in [0.717, 1.165) is 11.0 Å². The van der Waals surface area contributed by atoms with E-state index in [-0.39, 0.29) is 16.9 Å². The van der Waals surface area contributed by atoms with Crippen molar-refractivity contribution in [1.29, 1.82) is 0 Å². The van der Waals surface area contributed by atoms with Gasteiger partial charge in [0.25, 0.3) is 0 Å². The highest BCUT2D eigenvalue weighted by atomic mass is 79.9. The van der Waals surface area contributed by atoms with Crippen LogP contribution in [-0.4, -0.2) is 17.7 Å². The zero-order valence-electron chi connectivity index (χ0n) is 15.7. The number of hydrogen-bond acceptors (Lipinski definition) is 4. The number of aromatic hydroxyl groups is 1. The molecule has 2 heterocycles. The predicted molar refractivity (Wildman–Crippen MR) is 111 cm³/mol. The summed E-state index contributed by atoms with van der Waals surface area (Å²) >= 11 is 3.42. The number of nitrogens with one attached hydrogen (secondary N) is 1. The molecule has 0 aliphatic carbocycles. The zero-order chi connectivity index (χ0) is 19.7. The molecule has 1 aliphatic rings. The average molecular weight is 445 g/mol. The van der Waals surface area contributed by atoms with Gasteiger partial charge in [-0.1, -0.05) is 12.1 Å². The van der Waals surface area contributed by atoms with Gasteiger partial charge in [-0.15, -0.1) is 0 Å². The Morgan fingerprint density at radius 1 is 1.21 bits per heavy atom. The van der Waals surface area contributed by atoms with Gasteiger partial charge in [-0.05, 0) is 66.4 Å². The Bertz CT molecular complexity index is 1060. The van der Waals surface area contributed by atoms with Gasteiger partial charge in [-0.3, -0.25) is 4.79 Å². The van der Waals surface area contributed by atoms with E-state index in [1.165, 1.54) is 30.4 Å². The number of hydrogen-bond donors (Lipinski definition) is 2. The summed E-state index contributed by atoms with van der Waals surface area (Å²) in [6.07, 6.45) is 4.94. The Kier molecular flexibility index (Phi) is 5.42. The second-order valence-electron chi connectivity index (χ2n) is 7.38. The highest BCUT2D eigenvalue weighted by Gasteiger charge is 2.25. The molecule has 1 aromatic heterocycles. The number of ether oxygens (including phenoxy) is 1. The SMILES string of the molecule is C[C@H]1CCCC[NH+]1Cc1c(O)ccc2c(=O)c(Oc3ccccc3Br)coc12. The van der Waals surface area contributed by atoms with Crippen LogP contribution in [0.4, 0.5) is 0 Å². The van der Waals surface area contributed by atoms with E-state index >= 15 is 0 Å². The lowest BCUT2D eigenvalue weighted by Crippen LogP contribution is -3.14. The number of fused-ring (bicyclic) bond motifs is 1. The Morgan fingerprint density at radius 2 is 2.04 bits per heavy atom. The monoisotopic (exact) mass is 444 g/mol. The summed E-state index contributed by atoms with van der Waals surface area (Å²) in [6.45, 7) is 3.93. The number of para-hydroxylation sites is 1. The number of rotatable bonds is 4. The second-order valence-corrected chi connectivity index (χ2v) is 8.24. The molecule has 1 fully saturated rings. The first kappa shape index (κ1) is 19.0. The number of piperidine rings is 1. The van der Waals surface area contributed by atoms with Crippen molar-refractivity contribution < 1.29 is 19.2 Å². The van der Waals surface area contributed by atoms with Gasteiger partial charge in [-0.2, -0.15) is 0 Å². The fourth-order valence-corrected chi connectivity index (χ4v) is 4.23. The quantitative estimate of drug-likeness (QED) is 0.637.